The quantitative estimate of drug-likeness (QED) is 0.557. The van der Waals surface area contributed by atoms with E-state index in [1.807, 2.05) is 41.8 Å². The van der Waals surface area contributed by atoms with Gasteiger partial charge in [0.1, 0.15) is 5.69 Å². The number of amides is 1. The highest BCUT2D eigenvalue weighted by atomic mass is 32.1. The molecule has 4 rings (SSSR count). The van der Waals surface area contributed by atoms with Crippen molar-refractivity contribution in [2.24, 2.45) is 0 Å². The topological polar surface area (TPSA) is 79.3 Å². The van der Waals surface area contributed by atoms with Crippen molar-refractivity contribution in [2.75, 3.05) is 0 Å². The van der Waals surface area contributed by atoms with E-state index in [9.17, 15) is 9.59 Å². The molecular weight excluding hydrogens is 372 g/mol. The van der Waals surface area contributed by atoms with Gasteiger partial charge >= 0.3 is 0 Å². The van der Waals surface area contributed by atoms with Gasteiger partial charge in [-0.1, -0.05) is 24.3 Å². The van der Waals surface area contributed by atoms with Gasteiger partial charge in [0.05, 0.1) is 12.2 Å². The summed E-state index contributed by atoms with van der Waals surface area (Å²) in [5.74, 6) is -0.208. The van der Waals surface area contributed by atoms with Crippen molar-refractivity contribution in [1.29, 1.82) is 0 Å². The van der Waals surface area contributed by atoms with Gasteiger partial charge in [-0.25, -0.2) is 4.98 Å². The summed E-state index contributed by atoms with van der Waals surface area (Å²) in [6, 6.07) is 8.04. The lowest BCUT2D eigenvalue weighted by atomic mass is 10.1. The number of H-pyrrole nitrogens is 1. The van der Waals surface area contributed by atoms with Gasteiger partial charge in [-0.05, 0) is 26.3 Å². The maximum Gasteiger partial charge on any atom is 0.269 e. The number of aromatic amines is 1. The van der Waals surface area contributed by atoms with E-state index in [4.69, 9.17) is 0 Å². The van der Waals surface area contributed by atoms with Gasteiger partial charge < -0.3 is 10.3 Å². The van der Waals surface area contributed by atoms with Crippen LogP contribution in [0.5, 0.6) is 0 Å². The Morgan fingerprint density at radius 2 is 2.00 bits per heavy atom. The number of nitrogens with zero attached hydrogens (tertiary/aromatic N) is 2. The third kappa shape index (κ3) is 3.14. The molecule has 0 atom stereocenters. The number of imidazole rings is 1. The van der Waals surface area contributed by atoms with Crippen LogP contribution in [0.2, 0.25) is 0 Å². The van der Waals surface area contributed by atoms with E-state index >= 15 is 0 Å². The number of pyridine rings is 1. The Labute approximate surface area is 165 Å². The predicted molar refractivity (Wildman–Crippen MR) is 111 cm³/mol. The van der Waals surface area contributed by atoms with E-state index < -0.39 is 0 Å². The molecule has 1 amide bonds. The van der Waals surface area contributed by atoms with Gasteiger partial charge in [-0.3, -0.25) is 14.0 Å². The molecule has 2 N–H and O–H groups in total. The predicted octanol–water partition coefficient (Wildman–Crippen LogP) is 3.61. The number of carbonyl (C=O) groups excluding carboxylic acids is 1. The van der Waals surface area contributed by atoms with Gasteiger partial charge in [0.2, 0.25) is 0 Å². The molecule has 142 valence electrons. The molecule has 0 fully saturated rings. The fourth-order valence-electron chi connectivity index (χ4n) is 3.18. The minimum Gasteiger partial charge on any atom is -0.363 e. The first-order chi connectivity index (χ1) is 13.5. The van der Waals surface area contributed by atoms with Gasteiger partial charge in [0.15, 0.2) is 10.4 Å². The van der Waals surface area contributed by atoms with Crippen molar-refractivity contribution in [3.8, 4) is 11.3 Å². The molecule has 0 aliphatic carbocycles. The third-order valence-electron chi connectivity index (χ3n) is 4.90. The van der Waals surface area contributed by atoms with Crippen LogP contribution < -0.4 is 10.7 Å². The molecular formula is C21H20N4O2S. The molecule has 4 aromatic rings. The highest BCUT2D eigenvalue weighted by molar-refractivity contribution is 7.15. The molecule has 0 spiro atoms. The summed E-state index contributed by atoms with van der Waals surface area (Å²) in [5.41, 5.74) is 5.56. The van der Waals surface area contributed by atoms with Gasteiger partial charge in [-0.15, -0.1) is 11.3 Å². The first-order valence-corrected chi connectivity index (χ1v) is 9.82. The molecule has 0 aliphatic rings. The number of aryl methyl sites for hydroxylation is 2. The number of nitrogens with one attached hydrogen (secondary N) is 2. The van der Waals surface area contributed by atoms with Crippen LogP contribution in [-0.2, 0) is 6.54 Å². The Morgan fingerprint density at radius 3 is 2.79 bits per heavy atom. The molecule has 7 heteroatoms. The average Bonchev–Trinajstić information content (AvgIpc) is 3.26. The lowest BCUT2D eigenvalue weighted by molar-refractivity contribution is 0.0944. The SMILES string of the molecule is Cc1ccccc1-c1cn2c(C(=O)NCc3[nH]cc(C)c(=O)c3C)csc2n1. The molecule has 0 aliphatic heterocycles. The van der Waals surface area contributed by atoms with Crippen molar-refractivity contribution in [3.63, 3.8) is 0 Å². The van der Waals surface area contributed by atoms with Crippen molar-refractivity contribution in [1.82, 2.24) is 19.7 Å². The Morgan fingerprint density at radius 1 is 1.21 bits per heavy atom. The van der Waals surface area contributed by atoms with Crippen LogP contribution in [0.25, 0.3) is 16.2 Å². The van der Waals surface area contributed by atoms with Crippen molar-refractivity contribution in [3.05, 3.63) is 80.3 Å². The van der Waals surface area contributed by atoms with Crippen LogP contribution in [0, 0.1) is 20.8 Å². The minimum absolute atomic E-state index is 0.00148. The van der Waals surface area contributed by atoms with Gasteiger partial charge in [-0.2, -0.15) is 0 Å². The number of carbonyl (C=O) groups is 1. The number of hydrogen-bond donors (Lipinski definition) is 2. The number of aromatic nitrogens is 3. The molecule has 0 saturated heterocycles. The second-order valence-corrected chi connectivity index (χ2v) is 7.64. The standard InChI is InChI=1S/C21H20N4O2S/c1-12-6-4-5-7-15(12)17-10-25-18(11-28-21(25)24-17)20(27)23-9-16-14(3)19(26)13(2)8-22-16/h4-8,10-11H,9H2,1-3H3,(H,22,26)(H,23,27). The van der Waals surface area contributed by atoms with Crippen molar-refractivity contribution < 1.29 is 4.79 Å². The van der Waals surface area contributed by atoms with Gasteiger partial charge in [0.25, 0.3) is 5.91 Å². The number of rotatable bonds is 4. The monoisotopic (exact) mass is 392 g/mol. The Bertz CT molecular complexity index is 1250. The first kappa shape index (κ1) is 18.2. The Kier molecular flexibility index (Phi) is 4.60. The molecule has 0 unspecified atom stereocenters. The Hall–Kier alpha value is -3.19. The summed E-state index contributed by atoms with van der Waals surface area (Å²) in [5, 5.41) is 4.69. The lowest BCUT2D eigenvalue weighted by Gasteiger charge is -2.08. The third-order valence-corrected chi connectivity index (χ3v) is 5.74. The fraction of sp³-hybridized carbons (Fsp3) is 0.190. The summed E-state index contributed by atoms with van der Waals surface area (Å²) in [7, 11) is 0. The van der Waals surface area contributed by atoms with E-state index in [-0.39, 0.29) is 17.9 Å². The van der Waals surface area contributed by atoms with E-state index in [2.05, 4.69) is 15.3 Å². The minimum atomic E-state index is -0.208. The van der Waals surface area contributed by atoms with Crippen LogP contribution in [0.4, 0.5) is 0 Å². The van der Waals surface area contributed by atoms with Crippen molar-refractivity contribution in [2.45, 2.75) is 27.3 Å². The number of fused-ring (bicyclic) bond motifs is 1. The first-order valence-electron chi connectivity index (χ1n) is 8.94. The molecule has 1 aromatic carbocycles. The summed E-state index contributed by atoms with van der Waals surface area (Å²) in [6.45, 7) is 5.83. The highest BCUT2D eigenvalue weighted by Crippen LogP contribution is 2.26. The van der Waals surface area contributed by atoms with Crippen LogP contribution in [-0.4, -0.2) is 20.3 Å². The molecule has 6 nitrogen and oxygen atoms in total. The number of thiazole rings is 1. The number of hydrogen-bond acceptors (Lipinski definition) is 4. The zero-order valence-electron chi connectivity index (χ0n) is 15.9. The van der Waals surface area contributed by atoms with Crippen LogP contribution in [0.15, 0.2) is 46.8 Å². The van der Waals surface area contributed by atoms with E-state index in [0.717, 1.165) is 21.8 Å². The average molecular weight is 392 g/mol. The van der Waals surface area contributed by atoms with Crippen LogP contribution in [0.1, 0.15) is 32.9 Å². The second kappa shape index (κ2) is 7.09. The molecule has 28 heavy (non-hydrogen) atoms. The lowest BCUT2D eigenvalue weighted by Crippen LogP contribution is -2.26. The highest BCUT2D eigenvalue weighted by Gasteiger charge is 2.16. The second-order valence-electron chi connectivity index (χ2n) is 6.80. The molecule has 3 aromatic heterocycles. The van der Waals surface area contributed by atoms with Crippen LogP contribution >= 0.6 is 11.3 Å². The normalized spacial score (nSPS) is 11.1. The van der Waals surface area contributed by atoms with Gasteiger partial charge in [0, 0.05) is 40.2 Å². The molecule has 0 bridgehead atoms. The summed E-state index contributed by atoms with van der Waals surface area (Å²) < 4.78 is 1.81. The Balaban J connectivity index is 1.59. The smallest absolute Gasteiger partial charge is 0.269 e. The van der Waals surface area contributed by atoms with E-state index in [1.54, 1.807) is 25.4 Å². The zero-order valence-corrected chi connectivity index (χ0v) is 16.7. The molecule has 0 saturated carbocycles. The maximum absolute atomic E-state index is 12.7. The maximum atomic E-state index is 12.7. The zero-order chi connectivity index (χ0) is 19.8. The van der Waals surface area contributed by atoms with Crippen LogP contribution in [0.3, 0.4) is 0 Å². The summed E-state index contributed by atoms with van der Waals surface area (Å²) in [4.78, 5) is 33.3. The van der Waals surface area contributed by atoms with E-state index in [0.29, 0.717) is 22.5 Å². The molecule has 3 heterocycles. The molecule has 0 radical (unpaired) electrons. The van der Waals surface area contributed by atoms with Crippen molar-refractivity contribution >= 4 is 22.2 Å². The summed E-state index contributed by atoms with van der Waals surface area (Å²) >= 11 is 1.43. The largest absolute Gasteiger partial charge is 0.363 e. The summed E-state index contributed by atoms with van der Waals surface area (Å²) in [6.07, 6.45) is 3.56. The van der Waals surface area contributed by atoms with E-state index in [1.165, 1.54) is 11.3 Å². The number of benzene rings is 1. The fourth-order valence-corrected chi connectivity index (χ4v) is 4.04.